The monoisotopic (exact) mass is 230 g/mol. The molecule has 0 heterocycles. The van der Waals surface area contributed by atoms with E-state index < -0.39 is 0 Å². The lowest BCUT2D eigenvalue weighted by atomic mass is 10.4. The van der Waals surface area contributed by atoms with Gasteiger partial charge in [-0.1, -0.05) is 12.2 Å². The van der Waals surface area contributed by atoms with Gasteiger partial charge >= 0.3 is 0 Å². The average Bonchev–Trinajstić information content (AvgIpc) is 2.23. The first-order chi connectivity index (χ1) is 7.66. The number of methoxy groups -OCH3 is 1. The summed E-state index contributed by atoms with van der Waals surface area (Å²) < 4.78 is 10.1. The van der Waals surface area contributed by atoms with Crippen molar-refractivity contribution in [1.82, 2.24) is 10.6 Å². The maximum Gasteiger partial charge on any atom is 0.234 e. The van der Waals surface area contributed by atoms with Crippen LogP contribution in [0.25, 0.3) is 0 Å². The topological polar surface area (TPSA) is 59.6 Å². The van der Waals surface area contributed by atoms with Crippen molar-refractivity contribution in [1.29, 1.82) is 0 Å². The summed E-state index contributed by atoms with van der Waals surface area (Å²) in [6, 6.07) is 0. The molecule has 0 aliphatic carbocycles. The van der Waals surface area contributed by atoms with Crippen molar-refractivity contribution in [2.75, 3.05) is 46.6 Å². The molecule has 1 amide bonds. The number of nitrogens with one attached hydrogen (secondary N) is 2. The molecule has 0 aromatic rings. The average molecular weight is 230 g/mol. The highest BCUT2D eigenvalue weighted by Crippen LogP contribution is 1.86. The second-order valence-corrected chi connectivity index (χ2v) is 3.53. The summed E-state index contributed by atoms with van der Waals surface area (Å²) in [5.74, 6) is -0.0306. The molecule has 0 bridgehead atoms. The molecule has 0 aromatic heterocycles. The Balaban J connectivity index is 3.18. The van der Waals surface area contributed by atoms with Gasteiger partial charge in [-0.2, -0.15) is 0 Å². The van der Waals surface area contributed by atoms with Crippen LogP contribution in [0.1, 0.15) is 6.92 Å². The van der Waals surface area contributed by atoms with Crippen LogP contribution in [-0.2, 0) is 14.3 Å². The molecule has 0 spiro atoms. The predicted octanol–water partition coefficient (Wildman–Crippen LogP) is -0.0687. The van der Waals surface area contributed by atoms with Crippen LogP contribution in [0.15, 0.2) is 12.2 Å². The molecular formula is C11H22N2O3. The molecular weight excluding hydrogens is 208 g/mol. The molecule has 5 heteroatoms. The Hall–Kier alpha value is -0.910. The summed E-state index contributed by atoms with van der Waals surface area (Å²) in [5, 5.41) is 5.69. The van der Waals surface area contributed by atoms with Gasteiger partial charge in [0.2, 0.25) is 5.91 Å². The van der Waals surface area contributed by atoms with Crippen molar-refractivity contribution < 1.29 is 14.3 Å². The summed E-state index contributed by atoms with van der Waals surface area (Å²) in [6.45, 7) is 8.83. The molecule has 0 aliphatic rings. The van der Waals surface area contributed by atoms with Gasteiger partial charge in [0, 0.05) is 20.2 Å². The molecule has 94 valence electrons. The summed E-state index contributed by atoms with van der Waals surface area (Å²) in [7, 11) is 1.60. The van der Waals surface area contributed by atoms with E-state index in [2.05, 4.69) is 17.2 Å². The normalized spacial score (nSPS) is 10.1. The zero-order chi connectivity index (χ0) is 12.2. The first-order valence-electron chi connectivity index (χ1n) is 5.35. The summed E-state index contributed by atoms with van der Waals surface area (Å²) in [5.41, 5.74) is 0.998. The molecule has 0 atom stereocenters. The minimum absolute atomic E-state index is 0.0306. The molecule has 16 heavy (non-hydrogen) atoms. The molecule has 0 radical (unpaired) electrons. The van der Waals surface area contributed by atoms with E-state index in [0.29, 0.717) is 39.5 Å². The zero-order valence-corrected chi connectivity index (χ0v) is 10.2. The van der Waals surface area contributed by atoms with Gasteiger partial charge in [0.25, 0.3) is 0 Å². The Morgan fingerprint density at radius 3 is 2.69 bits per heavy atom. The van der Waals surface area contributed by atoms with E-state index in [1.54, 1.807) is 7.11 Å². The largest absolute Gasteiger partial charge is 0.383 e. The molecule has 0 rings (SSSR count). The number of ether oxygens (including phenoxy) is 2. The van der Waals surface area contributed by atoms with E-state index in [0.717, 1.165) is 5.57 Å². The van der Waals surface area contributed by atoms with E-state index >= 15 is 0 Å². The minimum Gasteiger partial charge on any atom is -0.383 e. The SMILES string of the molecule is C=C(C)COCCNCC(=O)NCCOC. The molecule has 0 unspecified atom stereocenters. The van der Waals surface area contributed by atoms with Gasteiger partial charge in [-0.3, -0.25) is 4.79 Å². The third-order valence-corrected chi connectivity index (χ3v) is 1.69. The van der Waals surface area contributed by atoms with E-state index in [4.69, 9.17) is 9.47 Å². The van der Waals surface area contributed by atoms with E-state index in [1.165, 1.54) is 0 Å². The van der Waals surface area contributed by atoms with Gasteiger partial charge in [0.05, 0.1) is 26.4 Å². The second kappa shape index (κ2) is 10.6. The standard InChI is InChI=1S/C11H22N2O3/c1-10(2)9-16-7-4-12-8-11(14)13-5-6-15-3/h12H,1,4-9H2,2-3H3,(H,13,14). The predicted molar refractivity (Wildman–Crippen MR) is 63.4 cm³/mol. The lowest BCUT2D eigenvalue weighted by Crippen LogP contribution is -2.36. The zero-order valence-electron chi connectivity index (χ0n) is 10.2. The quantitative estimate of drug-likeness (QED) is 0.407. The minimum atomic E-state index is -0.0306. The van der Waals surface area contributed by atoms with Crippen LogP contribution in [0, 0.1) is 0 Å². The molecule has 0 aromatic carbocycles. The third kappa shape index (κ3) is 11.2. The molecule has 5 nitrogen and oxygen atoms in total. The van der Waals surface area contributed by atoms with Crippen molar-refractivity contribution in [2.45, 2.75) is 6.92 Å². The Labute approximate surface area is 97.2 Å². The van der Waals surface area contributed by atoms with Gasteiger partial charge in [0.15, 0.2) is 0 Å². The number of hydrogen-bond acceptors (Lipinski definition) is 4. The van der Waals surface area contributed by atoms with E-state index in [9.17, 15) is 4.79 Å². The Morgan fingerprint density at radius 2 is 2.06 bits per heavy atom. The second-order valence-electron chi connectivity index (χ2n) is 3.53. The Morgan fingerprint density at radius 1 is 1.31 bits per heavy atom. The molecule has 0 aliphatic heterocycles. The fourth-order valence-electron chi connectivity index (χ4n) is 0.948. The van der Waals surface area contributed by atoms with Crippen LogP contribution in [-0.4, -0.2) is 52.5 Å². The fourth-order valence-corrected chi connectivity index (χ4v) is 0.948. The number of carbonyl (C=O) groups is 1. The van der Waals surface area contributed by atoms with Crippen molar-refractivity contribution in [3.63, 3.8) is 0 Å². The maximum absolute atomic E-state index is 11.2. The van der Waals surface area contributed by atoms with Crippen LogP contribution < -0.4 is 10.6 Å². The van der Waals surface area contributed by atoms with Gasteiger partial charge in [-0.05, 0) is 6.92 Å². The number of rotatable bonds is 10. The van der Waals surface area contributed by atoms with Crippen molar-refractivity contribution in [3.8, 4) is 0 Å². The number of amides is 1. The smallest absolute Gasteiger partial charge is 0.234 e. The molecule has 0 saturated heterocycles. The van der Waals surface area contributed by atoms with Gasteiger partial charge < -0.3 is 20.1 Å². The van der Waals surface area contributed by atoms with Crippen LogP contribution in [0.4, 0.5) is 0 Å². The highest BCUT2D eigenvalue weighted by atomic mass is 16.5. The van der Waals surface area contributed by atoms with E-state index in [-0.39, 0.29) is 5.91 Å². The Kier molecular flexibility index (Phi) is 10.00. The third-order valence-electron chi connectivity index (χ3n) is 1.69. The summed E-state index contributed by atoms with van der Waals surface area (Å²) in [6.07, 6.45) is 0. The van der Waals surface area contributed by atoms with Crippen molar-refractivity contribution in [2.24, 2.45) is 0 Å². The number of hydrogen-bond donors (Lipinski definition) is 2. The molecule has 2 N–H and O–H groups in total. The highest BCUT2D eigenvalue weighted by Gasteiger charge is 1.98. The van der Waals surface area contributed by atoms with Crippen LogP contribution in [0.2, 0.25) is 0 Å². The first kappa shape index (κ1) is 15.1. The van der Waals surface area contributed by atoms with Gasteiger partial charge in [-0.25, -0.2) is 0 Å². The van der Waals surface area contributed by atoms with Crippen molar-refractivity contribution >= 4 is 5.91 Å². The fraction of sp³-hybridized carbons (Fsp3) is 0.727. The summed E-state index contributed by atoms with van der Waals surface area (Å²) in [4.78, 5) is 11.2. The molecule has 0 fully saturated rings. The number of carbonyl (C=O) groups excluding carboxylic acids is 1. The van der Waals surface area contributed by atoms with E-state index in [1.807, 2.05) is 6.92 Å². The maximum atomic E-state index is 11.2. The lowest BCUT2D eigenvalue weighted by Gasteiger charge is -2.06. The van der Waals surface area contributed by atoms with Crippen molar-refractivity contribution in [3.05, 3.63) is 12.2 Å². The summed E-state index contributed by atoms with van der Waals surface area (Å²) >= 11 is 0. The van der Waals surface area contributed by atoms with Gasteiger partial charge in [0.1, 0.15) is 0 Å². The molecule has 0 saturated carbocycles. The van der Waals surface area contributed by atoms with Gasteiger partial charge in [-0.15, -0.1) is 0 Å². The Bertz CT molecular complexity index is 207. The first-order valence-corrected chi connectivity index (χ1v) is 5.35. The van der Waals surface area contributed by atoms with Crippen LogP contribution in [0.5, 0.6) is 0 Å². The van der Waals surface area contributed by atoms with Crippen LogP contribution >= 0.6 is 0 Å². The van der Waals surface area contributed by atoms with Crippen LogP contribution in [0.3, 0.4) is 0 Å². The highest BCUT2D eigenvalue weighted by molar-refractivity contribution is 5.77. The lowest BCUT2D eigenvalue weighted by molar-refractivity contribution is -0.120.